The van der Waals surface area contributed by atoms with Crippen molar-refractivity contribution in [3.8, 4) is 0 Å². The minimum absolute atomic E-state index is 0.0603. The molecule has 2 aliphatic heterocycles. The number of hydrogen-bond acceptors (Lipinski definition) is 2. The van der Waals surface area contributed by atoms with E-state index in [1.165, 1.54) is 0 Å². The molecule has 2 amide bonds. The number of urea groups is 1. The highest BCUT2D eigenvalue weighted by Gasteiger charge is 2.36. The van der Waals surface area contributed by atoms with Gasteiger partial charge in [-0.2, -0.15) is 0 Å². The van der Waals surface area contributed by atoms with Crippen LogP contribution in [0.2, 0.25) is 0 Å². The van der Waals surface area contributed by atoms with Gasteiger partial charge < -0.3 is 16.0 Å². The number of piperidine rings is 1. The van der Waals surface area contributed by atoms with E-state index in [0.717, 1.165) is 25.9 Å². The lowest BCUT2D eigenvalue weighted by Gasteiger charge is -2.32. The summed E-state index contributed by atoms with van der Waals surface area (Å²) in [5.74, 6) is 0. The Balaban J connectivity index is 2.12. The van der Waals surface area contributed by atoms with E-state index >= 15 is 0 Å². The van der Waals surface area contributed by atoms with Crippen molar-refractivity contribution in [3.63, 3.8) is 0 Å². The maximum atomic E-state index is 11.1. The van der Waals surface area contributed by atoms with E-state index < -0.39 is 0 Å². The molecular formula is C7H13N3O. The summed E-state index contributed by atoms with van der Waals surface area (Å²) in [6, 6.07) is 0.504. The molecule has 2 aliphatic rings. The Bertz CT molecular complexity index is 183. The molecule has 4 nitrogen and oxygen atoms in total. The second-order valence-corrected chi connectivity index (χ2v) is 3.25. The van der Waals surface area contributed by atoms with E-state index in [-0.39, 0.29) is 18.1 Å². The van der Waals surface area contributed by atoms with E-state index in [2.05, 4.69) is 5.32 Å². The van der Waals surface area contributed by atoms with Crippen LogP contribution in [0.25, 0.3) is 0 Å². The van der Waals surface area contributed by atoms with Crippen LogP contribution in [0.5, 0.6) is 0 Å². The van der Waals surface area contributed by atoms with Gasteiger partial charge in [0.1, 0.15) is 0 Å². The van der Waals surface area contributed by atoms with Crippen molar-refractivity contribution in [1.82, 2.24) is 10.2 Å². The average Bonchev–Trinajstić information content (AvgIpc) is 2.35. The number of fused-ring (bicyclic) bond motifs is 1. The van der Waals surface area contributed by atoms with Crippen molar-refractivity contribution in [2.75, 3.05) is 13.1 Å². The highest BCUT2D eigenvalue weighted by atomic mass is 16.2. The van der Waals surface area contributed by atoms with Crippen molar-refractivity contribution < 1.29 is 4.79 Å². The van der Waals surface area contributed by atoms with Crippen LogP contribution >= 0.6 is 0 Å². The monoisotopic (exact) mass is 155 g/mol. The third-order valence-corrected chi connectivity index (χ3v) is 2.55. The lowest BCUT2D eigenvalue weighted by molar-refractivity contribution is 0.174. The first-order valence-corrected chi connectivity index (χ1v) is 4.09. The van der Waals surface area contributed by atoms with Gasteiger partial charge in [0.15, 0.2) is 0 Å². The molecule has 0 spiro atoms. The summed E-state index contributed by atoms with van der Waals surface area (Å²) in [5, 5.41) is 2.80. The van der Waals surface area contributed by atoms with E-state index in [9.17, 15) is 4.79 Å². The molecule has 3 N–H and O–H groups in total. The van der Waals surface area contributed by atoms with Gasteiger partial charge in [-0.3, -0.25) is 0 Å². The van der Waals surface area contributed by atoms with Crippen molar-refractivity contribution in [2.24, 2.45) is 5.73 Å². The van der Waals surface area contributed by atoms with Gasteiger partial charge in [0.05, 0.1) is 6.04 Å². The fraction of sp³-hybridized carbons (Fsp3) is 0.857. The van der Waals surface area contributed by atoms with Crippen molar-refractivity contribution >= 4 is 6.03 Å². The first kappa shape index (κ1) is 6.91. The van der Waals surface area contributed by atoms with Crippen LogP contribution in [0.4, 0.5) is 4.79 Å². The Labute approximate surface area is 65.7 Å². The van der Waals surface area contributed by atoms with Gasteiger partial charge in [-0.25, -0.2) is 4.79 Å². The van der Waals surface area contributed by atoms with E-state index in [1.54, 1.807) is 0 Å². The molecule has 0 bridgehead atoms. The predicted octanol–water partition coefficient (Wildman–Crippen LogP) is -0.499. The molecule has 2 saturated heterocycles. The summed E-state index contributed by atoms with van der Waals surface area (Å²) < 4.78 is 0. The SMILES string of the molecule is NC1CCCN2C(=O)NCC12. The Hall–Kier alpha value is -0.770. The van der Waals surface area contributed by atoms with Gasteiger partial charge in [-0.15, -0.1) is 0 Å². The lowest BCUT2D eigenvalue weighted by Crippen LogP contribution is -2.50. The van der Waals surface area contributed by atoms with Gasteiger partial charge in [-0.1, -0.05) is 0 Å². The van der Waals surface area contributed by atoms with Gasteiger partial charge in [0, 0.05) is 19.1 Å². The predicted molar refractivity (Wildman–Crippen MR) is 41.1 cm³/mol. The van der Waals surface area contributed by atoms with E-state index in [4.69, 9.17) is 5.73 Å². The number of amides is 2. The smallest absolute Gasteiger partial charge is 0.317 e. The minimum Gasteiger partial charge on any atom is -0.336 e. The summed E-state index contributed by atoms with van der Waals surface area (Å²) in [7, 11) is 0. The standard InChI is InChI=1S/C7H13N3O/c8-5-2-1-3-10-6(5)4-9-7(10)11/h5-6H,1-4,8H2,(H,9,11). The maximum absolute atomic E-state index is 11.1. The van der Waals surface area contributed by atoms with Crippen LogP contribution in [-0.2, 0) is 0 Å². The second-order valence-electron chi connectivity index (χ2n) is 3.25. The summed E-state index contributed by atoms with van der Waals surface area (Å²) in [4.78, 5) is 13.0. The highest BCUT2D eigenvalue weighted by Crippen LogP contribution is 2.18. The largest absolute Gasteiger partial charge is 0.336 e. The Morgan fingerprint density at radius 1 is 1.64 bits per heavy atom. The summed E-state index contributed by atoms with van der Waals surface area (Å²) >= 11 is 0. The highest BCUT2D eigenvalue weighted by molar-refractivity contribution is 5.77. The number of nitrogens with two attached hydrogens (primary N) is 1. The van der Waals surface area contributed by atoms with Gasteiger partial charge in [0.2, 0.25) is 0 Å². The number of carbonyl (C=O) groups is 1. The zero-order chi connectivity index (χ0) is 7.84. The Morgan fingerprint density at radius 2 is 2.45 bits per heavy atom. The van der Waals surface area contributed by atoms with Crippen LogP contribution in [0.1, 0.15) is 12.8 Å². The molecule has 2 heterocycles. The van der Waals surface area contributed by atoms with Crippen LogP contribution in [0.15, 0.2) is 0 Å². The lowest BCUT2D eigenvalue weighted by atomic mass is 9.99. The molecular weight excluding hydrogens is 142 g/mol. The molecule has 0 saturated carbocycles. The fourth-order valence-electron chi connectivity index (χ4n) is 1.89. The van der Waals surface area contributed by atoms with Gasteiger partial charge in [0.25, 0.3) is 0 Å². The Kier molecular flexibility index (Phi) is 1.49. The van der Waals surface area contributed by atoms with Crippen molar-refractivity contribution in [1.29, 1.82) is 0 Å². The average molecular weight is 155 g/mol. The molecule has 11 heavy (non-hydrogen) atoms. The number of nitrogens with zero attached hydrogens (tertiary/aromatic N) is 1. The van der Waals surface area contributed by atoms with E-state index in [0.29, 0.717) is 0 Å². The zero-order valence-corrected chi connectivity index (χ0v) is 6.42. The molecule has 4 heteroatoms. The first-order valence-electron chi connectivity index (χ1n) is 4.09. The van der Waals surface area contributed by atoms with Gasteiger partial charge in [-0.05, 0) is 12.8 Å². The van der Waals surface area contributed by atoms with Crippen LogP contribution < -0.4 is 11.1 Å². The molecule has 0 aromatic heterocycles. The Morgan fingerprint density at radius 3 is 3.18 bits per heavy atom. The normalized spacial score (nSPS) is 36.8. The van der Waals surface area contributed by atoms with E-state index in [1.807, 2.05) is 4.90 Å². The summed E-state index contributed by atoms with van der Waals surface area (Å²) in [6.45, 7) is 1.62. The maximum Gasteiger partial charge on any atom is 0.317 e. The third-order valence-electron chi connectivity index (χ3n) is 2.55. The van der Waals surface area contributed by atoms with Crippen molar-refractivity contribution in [3.05, 3.63) is 0 Å². The summed E-state index contributed by atoms with van der Waals surface area (Å²) in [5.41, 5.74) is 5.85. The number of hydrogen-bond donors (Lipinski definition) is 2. The molecule has 2 fully saturated rings. The van der Waals surface area contributed by atoms with Crippen LogP contribution in [0.3, 0.4) is 0 Å². The van der Waals surface area contributed by atoms with Gasteiger partial charge >= 0.3 is 6.03 Å². The van der Waals surface area contributed by atoms with Crippen LogP contribution in [0, 0.1) is 0 Å². The number of rotatable bonds is 0. The fourth-order valence-corrected chi connectivity index (χ4v) is 1.89. The molecule has 0 radical (unpaired) electrons. The first-order chi connectivity index (χ1) is 5.29. The molecule has 0 aliphatic carbocycles. The molecule has 0 aromatic carbocycles. The quantitative estimate of drug-likeness (QED) is 0.495. The third kappa shape index (κ3) is 0.976. The number of carbonyl (C=O) groups excluding carboxylic acids is 1. The molecule has 2 rings (SSSR count). The zero-order valence-electron chi connectivity index (χ0n) is 6.42. The molecule has 62 valence electrons. The molecule has 2 unspecified atom stereocenters. The second kappa shape index (κ2) is 2.37. The molecule has 0 aromatic rings. The number of nitrogens with one attached hydrogen (secondary N) is 1. The van der Waals surface area contributed by atoms with Crippen LogP contribution in [-0.4, -0.2) is 36.1 Å². The topological polar surface area (TPSA) is 58.4 Å². The summed E-state index contributed by atoms with van der Waals surface area (Å²) in [6.07, 6.45) is 2.10. The molecule has 2 atom stereocenters. The minimum atomic E-state index is 0.0603. The van der Waals surface area contributed by atoms with Crippen molar-refractivity contribution in [2.45, 2.75) is 24.9 Å².